The Hall–Kier alpha value is -1.63. The van der Waals surface area contributed by atoms with E-state index < -0.39 is 5.60 Å². The molecule has 0 aliphatic carbocycles. The molecule has 19 heavy (non-hydrogen) atoms. The van der Waals surface area contributed by atoms with E-state index in [4.69, 9.17) is 9.84 Å². The molecule has 4 N–H and O–H groups in total. The van der Waals surface area contributed by atoms with Gasteiger partial charge in [0.1, 0.15) is 5.75 Å². The van der Waals surface area contributed by atoms with Gasteiger partial charge in [-0.3, -0.25) is 4.79 Å². The minimum atomic E-state index is -1.23. The fourth-order valence-corrected chi connectivity index (χ4v) is 1.44. The molecule has 1 aromatic carbocycles. The van der Waals surface area contributed by atoms with Crippen LogP contribution in [-0.2, 0) is 4.79 Å². The third kappa shape index (κ3) is 5.25. The molecule has 0 bridgehead atoms. The van der Waals surface area contributed by atoms with Crippen molar-refractivity contribution < 1.29 is 19.7 Å². The van der Waals surface area contributed by atoms with Crippen LogP contribution < -0.4 is 15.4 Å². The molecule has 1 aromatic rings. The lowest BCUT2D eigenvalue weighted by molar-refractivity contribution is -0.115. The molecule has 0 heterocycles. The van der Waals surface area contributed by atoms with Gasteiger partial charge in [-0.05, 0) is 19.1 Å². The van der Waals surface area contributed by atoms with Gasteiger partial charge in [-0.25, -0.2) is 0 Å². The highest BCUT2D eigenvalue weighted by atomic mass is 16.5. The Morgan fingerprint density at radius 2 is 2.11 bits per heavy atom. The highest BCUT2D eigenvalue weighted by Crippen LogP contribution is 2.22. The smallest absolute Gasteiger partial charge is 0.238 e. The topological polar surface area (TPSA) is 90.8 Å². The first-order valence-corrected chi connectivity index (χ1v) is 5.95. The molecule has 0 aromatic heterocycles. The van der Waals surface area contributed by atoms with Crippen molar-refractivity contribution in [3.63, 3.8) is 0 Å². The quantitative estimate of drug-likeness (QED) is 0.557. The number of carbonyl (C=O) groups is 1. The summed E-state index contributed by atoms with van der Waals surface area (Å²) >= 11 is 0. The number of nitrogens with one attached hydrogen (secondary N) is 2. The number of hydrogen-bond acceptors (Lipinski definition) is 5. The first-order chi connectivity index (χ1) is 8.98. The summed E-state index contributed by atoms with van der Waals surface area (Å²) in [6, 6.07) is 7.09. The number of para-hydroxylation sites is 2. The average molecular weight is 268 g/mol. The van der Waals surface area contributed by atoms with Crippen LogP contribution in [0.1, 0.15) is 6.92 Å². The Bertz CT molecular complexity index is 421. The highest BCUT2D eigenvalue weighted by Gasteiger charge is 2.18. The van der Waals surface area contributed by atoms with Gasteiger partial charge in [0.2, 0.25) is 5.91 Å². The molecule has 0 fully saturated rings. The minimum Gasteiger partial charge on any atom is -0.495 e. The fourth-order valence-electron chi connectivity index (χ4n) is 1.44. The summed E-state index contributed by atoms with van der Waals surface area (Å²) in [7, 11) is 1.53. The average Bonchev–Trinajstić information content (AvgIpc) is 2.39. The first-order valence-electron chi connectivity index (χ1n) is 5.95. The van der Waals surface area contributed by atoms with Gasteiger partial charge in [0.15, 0.2) is 0 Å². The molecule has 0 saturated carbocycles. The maximum Gasteiger partial charge on any atom is 0.238 e. The summed E-state index contributed by atoms with van der Waals surface area (Å²) < 4.78 is 5.11. The van der Waals surface area contributed by atoms with Crippen molar-refractivity contribution in [1.29, 1.82) is 0 Å². The van der Waals surface area contributed by atoms with Crippen LogP contribution in [0.2, 0.25) is 0 Å². The van der Waals surface area contributed by atoms with Crippen molar-refractivity contribution in [2.24, 2.45) is 0 Å². The van der Waals surface area contributed by atoms with Crippen LogP contribution in [0.25, 0.3) is 0 Å². The van der Waals surface area contributed by atoms with E-state index >= 15 is 0 Å². The SMILES string of the molecule is COc1ccccc1NC(=O)CNCC(C)(O)CO. The predicted octanol–water partition coefficient (Wildman–Crippen LogP) is -0.0334. The van der Waals surface area contributed by atoms with Crippen LogP contribution >= 0.6 is 0 Å². The molecule has 0 aliphatic rings. The van der Waals surface area contributed by atoms with E-state index in [0.29, 0.717) is 11.4 Å². The molecule has 1 atom stereocenters. The van der Waals surface area contributed by atoms with E-state index in [2.05, 4.69) is 10.6 Å². The molecule has 6 heteroatoms. The number of rotatable bonds is 7. The second kappa shape index (κ2) is 7.08. The van der Waals surface area contributed by atoms with Crippen LogP contribution in [0, 0.1) is 0 Å². The highest BCUT2D eigenvalue weighted by molar-refractivity contribution is 5.93. The molecule has 1 unspecified atom stereocenters. The number of carbonyl (C=O) groups excluding carboxylic acids is 1. The lowest BCUT2D eigenvalue weighted by atomic mass is 10.1. The summed E-state index contributed by atoms with van der Waals surface area (Å²) in [5.41, 5.74) is -0.643. The summed E-state index contributed by atoms with van der Waals surface area (Å²) in [5.74, 6) is 0.330. The van der Waals surface area contributed by atoms with Gasteiger partial charge in [-0.2, -0.15) is 0 Å². The maximum atomic E-state index is 11.7. The lowest BCUT2D eigenvalue weighted by Crippen LogP contribution is -2.43. The standard InChI is InChI=1S/C13H20N2O4/c1-13(18,9-16)8-14-7-12(17)15-10-5-3-4-6-11(10)19-2/h3-6,14,16,18H,7-9H2,1-2H3,(H,15,17). The lowest BCUT2D eigenvalue weighted by Gasteiger charge is -2.20. The Morgan fingerprint density at radius 1 is 1.42 bits per heavy atom. The Balaban J connectivity index is 2.43. The van der Waals surface area contributed by atoms with Crippen molar-refractivity contribution >= 4 is 11.6 Å². The molecule has 6 nitrogen and oxygen atoms in total. The molecule has 106 valence electrons. The second-order valence-electron chi connectivity index (χ2n) is 4.51. The number of aliphatic hydroxyl groups is 2. The fraction of sp³-hybridized carbons (Fsp3) is 0.462. The number of aliphatic hydroxyl groups excluding tert-OH is 1. The number of hydrogen-bond donors (Lipinski definition) is 4. The number of benzene rings is 1. The molecule has 0 saturated heterocycles. The number of amides is 1. The maximum absolute atomic E-state index is 11.7. The van der Waals surface area contributed by atoms with E-state index in [-0.39, 0.29) is 25.6 Å². The monoisotopic (exact) mass is 268 g/mol. The van der Waals surface area contributed by atoms with Crippen molar-refractivity contribution in [3.05, 3.63) is 24.3 Å². The number of anilines is 1. The van der Waals surface area contributed by atoms with Gasteiger partial charge in [-0.15, -0.1) is 0 Å². The zero-order valence-electron chi connectivity index (χ0n) is 11.1. The Morgan fingerprint density at radius 3 is 2.74 bits per heavy atom. The van der Waals surface area contributed by atoms with E-state index in [0.717, 1.165) is 0 Å². The molecule has 0 spiro atoms. The normalized spacial score (nSPS) is 13.7. The largest absolute Gasteiger partial charge is 0.495 e. The van der Waals surface area contributed by atoms with Crippen molar-refractivity contribution in [2.45, 2.75) is 12.5 Å². The van der Waals surface area contributed by atoms with E-state index in [1.807, 2.05) is 6.07 Å². The van der Waals surface area contributed by atoms with Gasteiger partial charge >= 0.3 is 0 Å². The summed E-state index contributed by atoms with van der Waals surface area (Å²) in [6.45, 7) is 1.28. The van der Waals surface area contributed by atoms with Crippen LogP contribution in [0.15, 0.2) is 24.3 Å². The van der Waals surface area contributed by atoms with E-state index in [1.54, 1.807) is 18.2 Å². The summed E-state index contributed by atoms with van der Waals surface area (Å²) in [5, 5.41) is 23.9. The molecular weight excluding hydrogens is 248 g/mol. The van der Waals surface area contributed by atoms with Gasteiger partial charge in [0, 0.05) is 6.54 Å². The first kappa shape index (κ1) is 15.4. The van der Waals surface area contributed by atoms with E-state index in [9.17, 15) is 9.90 Å². The van der Waals surface area contributed by atoms with Crippen LogP contribution in [-0.4, -0.2) is 48.5 Å². The van der Waals surface area contributed by atoms with Gasteiger partial charge in [0.25, 0.3) is 0 Å². The molecule has 0 radical (unpaired) electrons. The predicted molar refractivity (Wildman–Crippen MR) is 72.2 cm³/mol. The molecular formula is C13H20N2O4. The number of methoxy groups -OCH3 is 1. The molecule has 0 aliphatic heterocycles. The zero-order chi connectivity index (χ0) is 14.3. The van der Waals surface area contributed by atoms with Crippen molar-refractivity contribution in [2.75, 3.05) is 32.1 Å². The Labute approximate surface area is 112 Å². The van der Waals surface area contributed by atoms with E-state index in [1.165, 1.54) is 14.0 Å². The number of ether oxygens (including phenoxy) is 1. The van der Waals surface area contributed by atoms with Crippen LogP contribution in [0.5, 0.6) is 5.75 Å². The summed E-state index contributed by atoms with van der Waals surface area (Å²) in [6.07, 6.45) is 0. The van der Waals surface area contributed by atoms with Gasteiger partial charge in [0.05, 0.1) is 31.5 Å². The van der Waals surface area contributed by atoms with Crippen LogP contribution in [0.4, 0.5) is 5.69 Å². The van der Waals surface area contributed by atoms with Crippen molar-refractivity contribution in [3.8, 4) is 5.75 Å². The van der Waals surface area contributed by atoms with Gasteiger partial charge < -0.3 is 25.6 Å². The summed E-state index contributed by atoms with van der Waals surface area (Å²) in [4.78, 5) is 11.7. The van der Waals surface area contributed by atoms with Gasteiger partial charge in [-0.1, -0.05) is 12.1 Å². The van der Waals surface area contributed by atoms with Crippen molar-refractivity contribution in [1.82, 2.24) is 5.32 Å². The Kier molecular flexibility index (Phi) is 5.75. The minimum absolute atomic E-state index is 0.0359. The van der Waals surface area contributed by atoms with Crippen LogP contribution in [0.3, 0.4) is 0 Å². The third-order valence-corrected chi connectivity index (χ3v) is 2.51. The molecule has 1 rings (SSSR count). The molecule has 1 amide bonds. The second-order valence-corrected chi connectivity index (χ2v) is 4.51. The third-order valence-electron chi connectivity index (χ3n) is 2.51. The zero-order valence-corrected chi connectivity index (χ0v) is 11.1.